The summed E-state index contributed by atoms with van der Waals surface area (Å²) >= 11 is 0. The summed E-state index contributed by atoms with van der Waals surface area (Å²) < 4.78 is 0. The second-order valence-electron chi connectivity index (χ2n) is 4.25. The largest absolute Gasteiger partial charge is 0.381 e. The van der Waals surface area contributed by atoms with Crippen molar-refractivity contribution in [2.75, 3.05) is 0 Å². The van der Waals surface area contributed by atoms with E-state index in [1.54, 1.807) is 6.92 Å². The lowest BCUT2D eigenvalue weighted by Gasteiger charge is -2.11. The van der Waals surface area contributed by atoms with Gasteiger partial charge >= 0.3 is 0 Å². The molecule has 3 unspecified atom stereocenters. The predicted molar refractivity (Wildman–Crippen MR) is 53.0 cm³/mol. The molecule has 70 valence electrons. The highest BCUT2D eigenvalue weighted by Gasteiger charge is 2.36. The van der Waals surface area contributed by atoms with Crippen LogP contribution >= 0.6 is 0 Å². The molecular formula is C12H16O. The maximum Gasteiger partial charge on any atom is 0.112 e. The van der Waals surface area contributed by atoms with Crippen molar-refractivity contribution in [3.05, 3.63) is 11.1 Å². The van der Waals surface area contributed by atoms with Gasteiger partial charge in [-0.1, -0.05) is 17.4 Å². The Balaban J connectivity index is 2.21. The summed E-state index contributed by atoms with van der Waals surface area (Å²) in [5, 5.41) is 9.07. The third-order valence-electron chi connectivity index (χ3n) is 3.29. The Morgan fingerprint density at radius 3 is 2.62 bits per heavy atom. The van der Waals surface area contributed by atoms with Gasteiger partial charge in [-0.3, -0.25) is 0 Å². The van der Waals surface area contributed by atoms with Crippen LogP contribution in [0.1, 0.15) is 33.1 Å². The molecule has 0 aromatic carbocycles. The van der Waals surface area contributed by atoms with Gasteiger partial charge in [-0.05, 0) is 44.9 Å². The fourth-order valence-electron chi connectivity index (χ4n) is 2.56. The molecule has 1 N–H and O–H groups in total. The summed E-state index contributed by atoms with van der Waals surface area (Å²) in [7, 11) is 0. The van der Waals surface area contributed by atoms with Gasteiger partial charge in [0.2, 0.25) is 0 Å². The van der Waals surface area contributed by atoms with E-state index in [0.717, 1.165) is 11.8 Å². The van der Waals surface area contributed by atoms with Crippen LogP contribution in [0.5, 0.6) is 0 Å². The number of aliphatic hydroxyl groups is 1. The Hall–Kier alpha value is -0.740. The Morgan fingerprint density at radius 1 is 1.38 bits per heavy atom. The first-order valence-electron chi connectivity index (χ1n) is 5.08. The highest BCUT2D eigenvalue weighted by Crippen LogP contribution is 2.47. The molecule has 1 fully saturated rings. The Kier molecular flexibility index (Phi) is 2.17. The van der Waals surface area contributed by atoms with Crippen LogP contribution in [0.15, 0.2) is 11.1 Å². The molecule has 0 radical (unpaired) electrons. The van der Waals surface area contributed by atoms with Gasteiger partial charge in [0, 0.05) is 5.57 Å². The van der Waals surface area contributed by atoms with Crippen molar-refractivity contribution < 1.29 is 5.11 Å². The second-order valence-corrected chi connectivity index (χ2v) is 4.25. The quantitative estimate of drug-likeness (QED) is 0.560. The van der Waals surface area contributed by atoms with E-state index in [2.05, 4.69) is 18.8 Å². The van der Waals surface area contributed by atoms with Crippen molar-refractivity contribution in [1.82, 2.24) is 0 Å². The fourth-order valence-corrected chi connectivity index (χ4v) is 2.56. The third-order valence-corrected chi connectivity index (χ3v) is 3.29. The van der Waals surface area contributed by atoms with Crippen molar-refractivity contribution in [3.63, 3.8) is 0 Å². The highest BCUT2D eigenvalue weighted by atomic mass is 16.3. The molecule has 0 aliphatic heterocycles. The van der Waals surface area contributed by atoms with E-state index in [9.17, 15) is 0 Å². The second kappa shape index (κ2) is 3.20. The average molecular weight is 176 g/mol. The maximum atomic E-state index is 9.07. The standard InChI is InChI=1S/C12H16O/c1-8(13)3-6-12-9(2)10-4-5-11(12)7-10/h8,10-11,13H,4-5,7H2,1-2H3. The maximum absolute atomic E-state index is 9.07. The molecule has 2 aliphatic carbocycles. The molecule has 0 heterocycles. The highest BCUT2D eigenvalue weighted by molar-refractivity contribution is 5.42. The Morgan fingerprint density at radius 2 is 2.08 bits per heavy atom. The summed E-state index contributed by atoms with van der Waals surface area (Å²) in [6, 6.07) is 0. The lowest BCUT2D eigenvalue weighted by molar-refractivity contribution is 0.253. The van der Waals surface area contributed by atoms with Crippen molar-refractivity contribution in [3.8, 4) is 11.8 Å². The molecule has 13 heavy (non-hydrogen) atoms. The van der Waals surface area contributed by atoms with E-state index in [-0.39, 0.29) is 0 Å². The summed E-state index contributed by atoms with van der Waals surface area (Å²) in [5.41, 5.74) is 2.82. The van der Waals surface area contributed by atoms with Crippen LogP contribution in [0, 0.1) is 23.7 Å². The topological polar surface area (TPSA) is 20.2 Å². The van der Waals surface area contributed by atoms with Gasteiger partial charge in [0.1, 0.15) is 6.10 Å². The molecule has 2 bridgehead atoms. The van der Waals surface area contributed by atoms with Crippen molar-refractivity contribution in [2.45, 2.75) is 39.2 Å². The van der Waals surface area contributed by atoms with Gasteiger partial charge in [-0.2, -0.15) is 0 Å². The van der Waals surface area contributed by atoms with Gasteiger partial charge in [-0.15, -0.1) is 0 Å². The average Bonchev–Trinajstić information content (AvgIpc) is 2.61. The minimum atomic E-state index is -0.487. The van der Waals surface area contributed by atoms with Crippen LogP contribution in [-0.4, -0.2) is 11.2 Å². The lowest BCUT2D eigenvalue weighted by atomic mass is 9.93. The molecule has 0 aromatic rings. The third kappa shape index (κ3) is 1.51. The van der Waals surface area contributed by atoms with Crippen LogP contribution in [0.2, 0.25) is 0 Å². The lowest BCUT2D eigenvalue weighted by Crippen LogP contribution is -2.00. The van der Waals surface area contributed by atoms with Crippen LogP contribution in [0.4, 0.5) is 0 Å². The number of fused-ring (bicyclic) bond motifs is 2. The monoisotopic (exact) mass is 176 g/mol. The first-order valence-corrected chi connectivity index (χ1v) is 5.08. The Labute approximate surface area is 79.8 Å². The molecule has 0 spiro atoms. The number of allylic oxidation sites excluding steroid dienone is 2. The van der Waals surface area contributed by atoms with Gasteiger partial charge in [0.25, 0.3) is 0 Å². The van der Waals surface area contributed by atoms with Gasteiger partial charge in [0.15, 0.2) is 0 Å². The first-order chi connectivity index (χ1) is 6.18. The van der Waals surface area contributed by atoms with E-state index >= 15 is 0 Å². The number of hydrogen-bond donors (Lipinski definition) is 1. The van der Waals surface area contributed by atoms with E-state index in [1.807, 2.05) is 0 Å². The van der Waals surface area contributed by atoms with Crippen molar-refractivity contribution in [2.24, 2.45) is 11.8 Å². The van der Waals surface area contributed by atoms with Crippen LogP contribution < -0.4 is 0 Å². The predicted octanol–water partition coefficient (Wildman–Crippen LogP) is 2.12. The van der Waals surface area contributed by atoms with Gasteiger partial charge in [-0.25, -0.2) is 0 Å². The molecule has 3 atom stereocenters. The zero-order chi connectivity index (χ0) is 9.42. The van der Waals surface area contributed by atoms with Crippen LogP contribution in [-0.2, 0) is 0 Å². The van der Waals surface area contributed by atoms with E-state index < -0.39 is 6.10 Å². The molecule has 0 saturated heterocycles. The van der Waals surface area contributed by atoms with Gasteiger partial charge < -0.3 is 5.11 Å². The summed E-state index contributed by atoms with van der Waals surface area (Å²) in [6.07, 6.45) is 3.50. The van der Waals surface area contributed by atoms with Crippen molar-refractivity contribution in [1.29, 1.82) is 0 Å². The molecule has 1 saturated carbocycles. The van der Waals surface area contributed by atoms with Gasteiger partial charge in [0.05, 0.1) is 0 Å². The number of aliphatic hydroxyl groups excluding tert-OH is 1. The number of hydrogen-bond acceptors (Lipinski definition) is 1. The summed E-state index contributed by atoms with van der Waals surface area (Å²) in [4.78, 5) is 0. The normalized spacial score (nSPS) is 33.2. The number of rotatable bonds is 0. The molecule has 2 aliphatic rings. The SMILES string of the molecule is CC1=C(C#CC(C)O)C2CCC1C2. The fraction of sp³-hybridized carbons (Fsp3) is 0.667. The van der Waals surface area contributed by atoms with Crippen LogP contribution in [0.25, 0.3) is 0 Å². The smallest absolute Gasteiger partial charge is 0.112 e. The minimum Gasteiger partial charge on any atom is -0.381 e. The minimum absolute atomic E-state index is 0.487. The first kappa shape index (κ1) is 8.84. The summed E-state index contributed by atoms with van der Waals surface area (Å²) in [5.74, 6) is 7.52. The molecule has 1 nitrogen and oxygen atoms in total. The zero-order valence-corrected chi connectivity index (χ0v) is 8.30. The van der Waals surface area contributed by atoms with E-state index in [0.29, 0.717) is 0 Å². The molecule has 0 aromatic heterocycles. The molecule has 1 heteroatoms. The molecule has 2 rings (SSSR count). The summed E-state index contributed by atoms with van der Waals surface area (Å²) in [6.45, 7) is 3.92. The zero-order valence-electron chi connectivity index (χ0n) is 8.30. The van der Waals surface area contributed by atoms with Crippen molar-refractivity contribution >= 4 is 0 Å². The molecular weight excluding hydrogens is 160 g/mol. The Bertz CT molecular complexity index is 301. The van der Waals surface area contributed by atoms with Crippen LogP contribution in [0.3, 0.4) is 0 Å². The molecule has 0 amide bonds. The van der Waals surface area contributed by atoms with E-state index in [1.165, 1.54) is 30.4 Å². The van der Waals surface area contributed by atoms with E-state index in [4.69, 9.17) is 5.11 Å².